The van der Waals surface area contributed by atoms with Crippen LogP contribution in [0, 0.1) is 13.8 Å². The maximum Gasteiger partial charge on any atom is 0.261 e. The van der Waals surface area contributed by atoms with Crippen molar-refractivity contribution >= 4 is 5.91 Å². The Hall–Kier alpha value is -2.29. The molecule has 0 fully saturated rings. The number of aryl methyl sites for hydroxylation is 2. The van der Waals surface area contributed by atoms with Crippen molar-refractivity contribution in [2.75, 3.05) is 0 Å². The number of amides is 1. The molecule has 2 aromatic carbocycles. The third-order valence-corrected chi connectivity index (χ3v) is 4.75. The number of nitrogens with one attached hydrogen (secondary N) is 1. The summed E-state index contributed by atoms with van der Waals surface area (Å²) in [6.45, 7) is 12.3. The highest BCUT2D eigenvalue weighted by atomic mass is 16.5. The first kappa shape index (κ1) is 20.0. The van der Waals surface area contributed by atoms with E-state index < -0.39 is 6.10 Å². The van der Waals surface area contributed by atoms with Crippen LogP contribution in [-0.2, 0) is 4.79 Å². The quantitative estimate of drug-likeness (QED) is 0.717. The van der Waals surface area contributed by atoms with Gasteiger partial charge < -0.3 is 10.1 Å². The van der Waals surface area contributed by atoms with Crippen molar-refractivity contribution in [3.8, 4) is 5.75 Å². The lowest BCUT2D eigenvalue weighted by atomic mass is 9.99. The minimum Gasteiger partial charge on any atom is -0.481 e. The Bertz CT molecular complexity index is 752. The van der Waals surface area contributed by atoms with Gasteiger partial charge in [-0.25, -0.2) is 0 Å². The van der Waals surface area contributed by atoms with Crippen LogP contribution in [0.2, 0.25) is 0 Å². The molecule has 1 N–H and O–H groups in total. The number of hydrogen-bond acceptors (Lipinski definition) is 2. The van der Waals surface area contributed by atoms with Crippen LogP contribution in [-0.4, -0.2) is 12.0 Å². The number of ether oxygens (including phenoxy) is 1. The molecule has 2 rings (SSSR count). The molecule has 1 amide bonds. The van der Waals surface area contributed by atoms with Crippen LogP contribution >= 0.6 is 0 Å². The van der Waals surface area contributed by atoms with E-state index in [1.165, 1.54) is 5.56 Å². The van der Waals surface area contributed by atoms with Crippen molar-refractivity contribution in [2.24, 2.45) is 0 Å². The van der Waals surface area contributed by atoms with Crippen LogP contribution in [0.4, 0.5) is 0 Å². The second-order valence-corrected chi connectivity index (χ2v) is 7.28. The minimum atomic E-state index is -0.549. The van der Waals surface area contributed by atoms with E-state index in [4.69, 9.17) is 4.74 Å². The molecule has 0 spiro atoms. The van der Waals surface area contributed by atoms with Crippen molar-refractivity contribution in [1.29, 1.82) is 0 Å². The number of carbonyl (C=O) groups is 1. The second-order valence-electron chi connectivity index (χ2n) is 7.28. The van der Waals surface area contributed by atoms with Gasteiger partial charge in [0, 0.05) is 0 Å². The standard InChI is InChI=1S/C23H31NO2/c1-7-21(20-11-9-8-10-17(20)5)24-23(25)18(6)26-22-14-16(4)12-13-19(22)15(2)3/h8-15,18,21H,7H2,1-6H3,(H,24,25)/t18-,21-/m0/s1. The first-order valence-corrected chi connectivity index (χ1v) is 9.46. The molecule has 0 bridgehead atoms. The van der Waals surface area contributed by atoms with Crippen molar-refractivity contribution in [3.63, 3.8) is 0 Å². The number of carbonyl (C=O) groups excluding carboxylic acids is 1. The topological polar surface area (TPSA) is 38.3 Å². The third-order valence-electron chi connectivity index (χ3n) is 4.75. The first-order chi connectivity index (χ1) is 12.3. The van der Waals surface area contributed by atoms with Gasteiger partial charge in [0.1, 0.15) is 5.75 Å². The summed E-state index contributed by atoms with van der Waals surface area (Å²) in [6.07, 6.45) is 0.290. The highest BCUT2D eigenvalue weighted by Crippen LogP contribution is 2.28. The Morgan fingerprint density at radius 2 is 1.73 bits per heavy atom. The Balaban J connectivity index is 2.12. The molecule has 0 saturated carbocycles. The molecule has 0 radical (unpaired) electrons. The van der Waals surface area contributed by atoms with E-state index >= 15 is 0 Å². The van der Waals surface area contributed by atoms with E-state index in [9.17, 15) is 4.79 Å². The van der Waals surface area contributed by atoms with E-state index in [0.717, 1.165) is 28.9 Å². The summed E-state index contributed by atoms with van der Waals surface area (Å²) in [5, 5.41) is 3.14. The fourth-order valence-electron chi connectivity index (χ4n) is 3.13. The molecule has 0 aliphatic heterocycles. The zero-order chi connectivity index (χ0) is 19.3. The first-order valence-electron chi connectivity index (χ1n) is 9.46. The summed E-state index contributed by atoms with van der Waals surface area (Å²) in [5.74, 6) is 1.05. The van der Waals surface area contributed by atoms with E-state index in [0.29, 0.717) is 5.92 Å². The molecule has 0 aromatic heterocycles. The SMILES string of the molecule is CC[C@H](NC(=O)[C@H](C)Oc1cc(C)ccc1C(C)C)c1ccccc1C. The summed E-state index contributed by atoms with van der Waals surface area (Å²) < 4.78 is 6.05. The zero-order valence-corrected chi connectivity index (χ0v) is 16.8. The number of hydrogen-bond donors (Lipinski definition) is 1. The van der Waals surface area contributed by atoms with Gasteiger partial charge in [-0.15, -0.1) is 0 Å². The van der Waals surface area contributed by atoms with Crippen LogP contribution < -0.4 is 10.1 Å². The lowest BCUT2D eigenvalue weighted by Gasteiger charge is -2.23. The van der Waals surface area contributed by atoms with Gasteiger partial charge >= 0.3 is 0 Å². The number of benzene rings is 2. The molecule has 2 aromatic rings. The zero-order valence-electron chi connectivity index (χ0n) is 16.8. The Morgan fingerprint density at radius 3 is 2.35 bits per heavy atom. The molecule has 0 heterocycles. The average molecular weight is 354 g/mol. The summed E-state index contributed by atoms with van der Waals surface area (Å²) in [5.41, 5.74) is 4.60. The van der Waals surface area contributed by atoms with Gasteiger partial charge in [-0.3, -0.25) is 4.79 Å². The van der Waals surface area contributed by atoms with Gasteiger partial charge in [-0.2, -0.15) is 0 Å². The highest BCUT2D eigenvalue weighted by Gasteiger charge is 2.21. The van der Waals surface area contributed by atoms with E-state index in [2.05, 4.69) is 57.3 Å². The molecule has 0 aliphatic rings. The van der Waals surface area contributed by atoms with E-state index in [-0.39, 0.29) is 11.9 Å². The van der Waals surface area contributed by atoms with Gasteiger partial charge in [0.05, 0.1) is 6.04 Å². The maximum absolute atomic E-state index is 12.7. The lowest BCUT2D eigenvalue weighted by Crippen LogP contribution is -2.38. The Labute approximate surface area is 157 Å². The third kappa shape index (κ3) is 4.87. The van der Waals surface area contributed by atoms with E-state index in [1.54, 1.807) is 0 Å². The van der Waals surface area contributed by atoms with Crippen molar-refractivity contribution < 1.29 is 9.53 Å². The summed E-state index contributed by atoms with van der Waals surface area (Å²) in [4.78, 5) is 12.7. The fraction of sp³-hybridized carbons (Fsp3) is 0.435. The molecular weight excluding hydrogens is 322 g/mol. The van der Waals surface area contributed by atoms with Gasteiger partial charge in [-0.05, 0) is 61.4 Å². The summed E-state index contributed by atoms with van der Waals surface area (Å²) in [7, 11) is 0. The highest BCUT2D eigenvalue weighted by molar-refractivity contribution is 5.81. The predicted octanol–water partition coefficient (Wildman–Crippen LogP) is 5.46. The Morgan fingerprint density at radius 1 is 1.04 bits per heavy atom. The predicted molar refractivity (Wildman–Crippen MR) is 108 cm³/mol. The molecule has 140 valence electrons. The van der Waals surface area contributed by atoms with E-state index in [1.807, 2.05) is 32.0 Å². The number of rotatable bonds is 7. The van der Waals surface area contributed by atoms with Crippen molar-refractivity contribution in [1.82, 2.24) is 5.32 Å². The molecule has 2 atom stereocenters. The molecule has 0 aliphatic carbocycles. The molecule has 0 unspecified atom stereocenters. The smallest absolute Gasteiger partial charge is 0.261 e. The summed E-state index contributed by atoms with van der Waals surface area (Å²) >= 11 is 0. The van der Waals surface area contributed by atoms with Gasteiger partial charge in [0.2, 0.25) is 0 Å². The Kier molecular flexibility index (Phi) is 6.84. The van der Waals surface area contributed by atoms with Gasteiger partial charge in [0.25, 0.3) is 5.91 Å². The van der Waals surface area contributed by atoms with Crippen LogP contribution in [0.15, 0.2) is 42.5 Å². The average Bonchev–Trinajstić information content (AvgIpc) is 2.60. The van der Waals surface area contributed by atoms with Crippen molar-refractivity contribution in [3.05, 3.63) is 64.7 Å². The molecule has 3 nitrogen and oxygen atoms in total. The van der Waals surface area contributed by atoms with Gasteiger partial charge in [-0.1, -0.05) is 57.2 Å². The lowest BCUT2D eigenvalue weighted by molar-refractivity contribution is -0.128. The fourth-order valence-corrected chi connectivity index (χ4v) is 3.13. The second kappa shape index (κ2) is 8.88. The van der Waals surface area contributed by atoms with Gasteiger partial charge in [0.15, 0.2) is 6.10 Å². The molecule has 0 saturated heterocycles. The normalized spacial score (nSPS) is 13.3. The minimum absolute atomic E-state index is 0.00294. The molecule has 3 heteroatoms. The monoisotopic (exact) mass is 353 g/mol. The van der Waals surface area contributed by atoms with Crippen LogP contribution in [0.5, 0.6) is 5.75 Å². The van der Waals surface area contributed by atoms with Crippen LogP contribution in [0.1, 0.15) is 68.3 Å². The maximum atomic E-state index is 12.7. The van der Waals surface area contributed by atoms with Crippen molar-refractivity contribution in [2.45, 2.75) is 66.0 Å². The molecular formula is C23H31NO2. The van der Waals surface area contributed by atoms with Crippen LogP contribution in [0.3, 0.4) is 0 Å². The summed E-state index contributed by atoms with van der Waals surface area (Å²) in [6, 6.07) is 14.4. The van der Waals surface area contributed by atoms with Crippen LogP contribution in [0.25, 0.3) is 0 Å². The molecule has 26 heavy (non-hydrogen) atoms. The largest absolute Gasteiger partial charge is 0.481 e.